The Labute approximate surface area is 179 Å². The highest BCUT2D eigenvalue weighted by Gasteiger charge is 2.52. The van der Waals surface area contributed by atoms with Gasteiger partial charge in [-0.15, -0.1) is 0 Å². The maximum atomic E-state index is 13.4. The third-order valence-electron chi connectivity index (χ3n) is 5.23. The van der Waals surface area contributed by atoms with Gasteiger partial charge in [-0.25, -0.2) is 0 Å². The normalized spacial score (nSPS) is 21.2. The number of anilines is 1. The van der Waals surface area contributed by atoms with E-state index in [9.17, 15) is 9.90 Å². The van der Waals surface area contributed by atoms with Gasteiger partial charge in [-0.05, 0) is 41.5 Å². The predicted molar refractivity (Wildman–Crippen MR) is 114 cm³/mol. The van der Waals surface area contributed by atoms with E-state index in [0.29, 0.717) is 33.4 Å². The number of halogens is 2. The first-order chi connectivity index (χ1) is 13.9. The van der Waals surface area contributed by atoms with E-state index in [4.69, 9.17) is 27.9 Å². The largest absolute Gasteiger partial charge is 0.377 e. The maximum Gasteiger partial charge on any atom is 0.260 e. The number of amides is 1. The molecule has 0 saturated carbocycles. The Morgan fingerprint density at radius 2 is 1.66 bits per heavy atom. The van der Waals surface area contributed by atoms with Crippen molar-refractivity contribution in [3.05, 3.63) is 99.5 Å². The molecule has 0 aromatic heterocycles. The predicted octanol–water partition coefficient (Wildman–Crippen LogP) is 4.79. The van der Waals surface area contributed by atoms with Crippen LogP contribution in [0.1, 0.15) is 16.7 Å². The quantitative estimate of drug-likeness (QED) is 0.650. The van der Waals surface area contributed by atoms with Gasteiger partial charge in [0.05, 0.1) is 12.2 Å². The molecule has 0 aliphatic carbocycles. The van der Waals surface area contributed by atoms with E-state index in [2.05, 4.69) is 0 Å². The van der Waals surface area contributed by atoms with Crippen LogP contribution in [-0.4, -0.2) is 24.2 Å². The Kier molecular flexibility index (Phi) is 5.36. The molecule has 6 heteroatoms. The van der Waals surface area contributed by atoms with Crippen LogP contribution in [0.5, 0.6) is 0 Å². The summed E-state index contributed by atoms with van der Waals surface area (Å²) in [5.74, 6) is -0.330. The first kappa shape index (κ1) is 19.9. The van der Waals surface area contributed by atoms with Crippen LogP contribution in [-0.2, 0) is 21.7 Å². The third kappa shape index (κ3) is 3.43. The second-order valence-electron chi connectivity index (χ2n) is 6.96. The van der Waals surface area contributed by atoms with E-state index in [1.165, 1.54) is 7.11 Å². The molecule has 1 heterocycles. The van der Waals surface area contributed by atoms with Gasteiger partial charge in [-0.3, -0.25) is 4.79 Å². The number of methoxy groups -OCH3 is 1. The fourth-order valence-electron chi connectivity index (χ4n) is 3.84. The number of ether oxygens (including phenoxy) is 1. The van der Waals surface area contributed by atoms with Crippen molar-refractivity contribution in [1.82, 2.24) is 0 Å². The molecule has 0 spiro atoms. The second-order valence-corrected chi connectivity index (χ2v) is 7.83. The smallest absolute Gasteiger partial charge is 0.260 e. The maximum absolute atomic E-state index is 13.4. The Morgan fingerprint density at radius 3 is 2.31 bits per heavy atom. The molecule has 1 aliphatic heterocycles. The lowest BCUT2D eigenvalue weighted by Crippen LogP contribution is -2.57. The molecule has 0 radical (unpaired) electrons. The SMILES string of the molecule is COC1C(=O)N(Cc2ccc(Cl)cc2)c2ccc(Cl)cc2C1(O)c1ccccc1. The van der Waals surface area contributed by atoms with E-state index in [0.717, 1.165) is 5.56 Å². The van der Waals surface area contributed by atoms with Crippen LogP contribution in [0, 0.1) is 0 Å². The number of carbonyl (C=O) groups is 1. The van der Waals surface area contributed by atoms with Gasteiger partial charge < -0.3 is 14.7 Å². The lowest BCUT2D eigenvalue weighted by atomic mass is 9.77. The lowest BCUT2D eigenvalue weighted by molar-refractivity contribution is -0.145. The van der Waals surface area contributed by atoms with Gasteiger partial charge >= 0.3 is 0 Å². The van der Waals surface area contributed by atoms with Crippen molar-refractivity contribution in [1.29, 1.82) is 0 Å². The summed E-state index contributed by atoms with van der Waals surface area (Å²) in [5, 5.41) is 12.9. The standard InChI is InChI=1S/C23H19Cl2NO3/c1-29-21-22(27)26(14-15-7-9-17(24)10-8-15)20-12-11-18(25)13-19(20)23(21,28)16-5-3-2-4-6-16/h2-13,21,28H,14H2,1H3. The molecular weight excluding hydrogens is 409 g/mol. The van der Waals surface area contributed by atoms with Crippen molar-refractivity contribution in [2.24, 2.45) is 0 Å². The van der Waals surface area contributed by atoms with E-state index in [1.54, 1.807) is 47.4 Å². The molecular formula is C23H19Cl2NO3. The fraction of sp³-hybridized carbons (Fsp3) is 0.174. The Balaban J connectivity index is 1.89. The number of hydrogen-bond donors (Lipinski definition) is 1. The molecule has 29 heavy (non-hydrogen) atoms. The average Bonchev–Trinajstić information content (AvgIpc) is 2.73. The summed E-state index contributed by atoms with van der Waals surface area (Å²) in [6.07, 6.45) is -1.12. The minimum absolute atomic E-state index is 0.315. The van der Waals surface area contributed by atoms with Crippen molar-refractivity contribution in [2.45, 2.75) is 18.2 Å². The Morgan fingerprint density at radius 1 is 1.00 bits per heavy atom. The summed E-state index contributed by atoms with van der Waals surface area (Å²) >= 11 is 12.3. The van der Waals surface area contributed by atoms with Crippen LogP contribution in [0.2, 0.25) is 10.0 Å². The summed E-state index contributed by atoms with van der Waals surface area (Å²) in [6.45, 7) is 0.315. The molecule has 0 saturated heterocycles. The van der Waals surface area contributed by atoms with E-state index >= 15 is 0 Å². The number of hydrogen-bond acceptors (Lipinski definition) is 3. The first-order valence-electron chi connectivity index (χ1n) is 9.11. The number of rotatable bonds is 4. The molecule has 1 aliphatic rings. The van der Waals surface area contributed by atoms with Crippen LogP contribution in [0.4, 0.5) is 5.69 Å². The van der Waals surface area contributed by atoms with Gasteiger partial charge in [-0.2, -0.15) is 0 Å². The van der Waals surface area contributed by atoms with Crippen LogP contribution in [0.3, 0.4) is 0 Å². The zero-order chi connectivity index (χ0) is 20.6. The molecule has 4 nitrogen and oxygen atoms in total. The molecule has 3 aromatic rings. The van der Waals surface area contributed by atoms with Crippen molar-refractivity contribution in [2.75, 3.05) is 12.0 Å². The van der Waals surface area contributed by atoms with Gasteiger partial charge in [0.1, 0.15) is 0 Å². The molecule has 4 rings (SSSR count). The molecule has 2 unspecified atom stereocenters. The number of aliphatic hydroxyl groups is 1. The number of fused-ring (bicyclic) bond motifs is 1. The minimum Gasteiger partial charge on any atom is -0.377 e. The second kappa shape index (κ2) is 7.81. The average molecular weight is 428 g/mol. The van der Waals surface area contributed by atoms with Crippen molar-refractivity contribution < 1.29 is 14.6 Å². The van der Waals surface area contributed by atoms with E-state index in [-0.39, 0.29) is 5.91 Å². The van der Waals surface area contributed by atoms with Crippen molar-refractivity contribution in [3.8, 4) is 0 Å². The van der Waals surface area contributed by atoms with Gasteiger partial charge in [0.15, 0.2) is 11.7 Å². The van der Waals surface area contributed by atoms with Crippen LogP contribution < -0.4 is 4.90 Å². The highest BCUT2D eigenvalue weighted by atomic mass is 35.5. The lowest BCUT2D eigenvalue weighted by Gasteiger charge is -2.44. The molecule has 148 valence electrons. The third-order valence-corrected chi connectivity index (χ3v) is 5.72. The van der Waals surface area contributed by atoms with Gasteiger partial charge in [0.25, 0.3) is 5.91 Å². The minimum atomic E-state index is -1.66. The Bertz CT molecular complexity index is 1040. The molecule has 2 atom stereocenters. The molecule has 1 N–H and O–H groups in total. The molecule has 0 bridgehead atoms. The fourth-order valence-corrected chi connectivity index (χ4v) is 4.13. The number of nitrogens with zero attached hydrogens (tertiary/aromatic N) is 1. The van der Waals surface area contributed by atoms with Crippen LogP contribution in [0.25, 0.3) is 0 Å². The monoisotopic (exact) mass is 427 g/mol. The topological polar surface area (TPSA) is 49.8 Å². The molecule has 0 fully saturated rings. The molecule has 3 aromatic carbocycles. The summed E-state index contributed by atoms with van der Waals surface area (Å²) in [7, 11) is 1.42. The summed E-state index contributed by atoms with van der Waals surface area (Å²) in [6, 6.07) is 21.5. The number of carbonyl (C=O) groups excluding carboxylic acids is 1. The van der Waals surface area contributed by atoms with E-state index in [1.807, 2.05) is 30.3 Å². The first-order valence-corrected chi connectivity index (χ1v) is 9.87. The van der Waals surface area contributed by atoms with Crippen molar-refractivity contribution >= 4 is 34.8 Å². The van der Waals surface area contributed by atoms with Gasteiger partial charge in [0.2, 0.25) is 0 Å². The summed E-state index contributed by atoms with van der Waals surface area (Å²) in [5.41, 5.74) is 0.924. The van der Waals surface area contributed by atoms with Gasteiger partial charge in [0, 0.05) is 22.7 Å². The zero-order valence-corrected chi connectivity index (χ0v) is 17.2. The summed E-state index contributed by atoms with van der Waals surface area (Å²) in [4.78, 5) is 15.1. The van der Waals surface area contributed by atoms with Crippen LogP contribution in [0.15, 0.2) is 72.8 Å². The van der Waals surface area contributed by atoms with Crippen molar-refractivity contribution in [3.63, 3.8) is 0 Å². The van der Waals surface area contributed by atoms with E-state index < -0.39 is 11.7 Å². The zero-order valence-electron chi connectivity index (χ0n) is 15.7. The van der Waals surface area contributed by atoms with Crippen LogP contribution >= 0.6 is 23.2 Å². The highest BCUT2D eigenvalue weighted by molar-refractivity contribution is 6.31. The Hall–Kier alpha value is -2.37. The number of benzene rings is 3. The molecule has 1 amide bonds. The van der Waals surface area contributed by atoms with Gasteiger partial charge in [-0.1, -0.05) is 65.7 Å². The highest BCUT2D eigenvalue weighted by Crippen LogP contribution is 2.45. The summed E-state index contributed by atoms with van der Waals surface area (Å²) < 4.78 is 5.55.